The van der Waals surface area contributed by atoms with Gasteiger partial charge >= 0.3 is 0 Å². The predicted octanol–water partition coefficient (Wildman–Crippen LogP) is 2.28. The Morgan fingerprint density at radius 3 is 2.75 bits per heavy atom. The van der Waals surface area contributed by atoms with Gasteiger partial charge in [0.2, 0.25) is 0 Å². The molecule has 0 radical (unpaired) electrons. The molecule has 0 saturated heterocycles. The maximum atomic E-state index is 5.83. The molecule has 1 unspecified atom stereocenters. The second-order valence-corrected chi connectivity index (χ2v) is 4.67. The summed E-state index contributed by atoms with van der Waals surface area (Å²) in [6.45, 7) is 4.19. The van der Waals surface area contributed by atoms with Gasteiger partial charge in [0, 0.05) is 26.1 Å². The number of rotatable bonds is 7. The number of hydrogen-bond acceptors (Lipinski definition) is 5. The molecular weight excluding hydrogens is 248 g/mol. The van der Waals surface area contributed by atoms with Crippen LogP contribution in [0.25, 0.3) is 0 Å². The van der Waals surface area contributed by atoms with E-state index < -0.39 is 0 Å². The average molecular weight is 265 g/mol. The van der Waals surface area contributed by atoms with Crippen molar-refractivity contribution in [3.8, 4) is 0 Å². The monoisotopic (exact) mass is 264 g/mol. The van der Waals surface area contributed by atoms with Crippen LogP contribution in [0.4, 0.5) is 5.13 Å². The van der Waals surface area contributed by atoms with Gasteiger partial charge in [-0.15, -0.1) is 11.3 Å². The molecule has 1 aromatic rings. The average Bonchev–Trinajstić information content (AvgIpc) is 2.66. The zero-order valence-electron chi connectivity index (χ0n) is 9.77. The van der Waals surface area contributed by atoms with E-state index in [4.69, 9.17) is 21.1 Å². The SMILES string of the molecule is COCCN(c1nc(Cl)cs1)C(C)COC. The number of nitrogens with zero attached hydrogens (tertiary/aromatic N) is 2. The van der Waals surface area contributed by atoms with Crippen molar-refractivity contribution in [3.05, 3.63) is 10.5 Å². The van der Waals surface area contributed by atoms with Crippen LogP contribution in [-0.4, -0.2) is 45.0 Å². The topological polar surface area (TPSA) is 34.6 Å². The fourth-order valence-electron chi connectivity index (χ4n) is 1.40. The van der Waals surface area contributed by atoms with Gasteiger partial charge in [-0.25, -0.2) is 4.98 Å². The minimum atomic E-state index is 0.252. The smallest absolute Gasteiger partial charge is 0.187 e. The van der Waals surface area contributed by atoms with Crippen molar-refractivity contribution in [1.82, 2.24) is 4.98 Å². The summed E-state index contributed by atoms with van der Waals surface area (Å²) < 4.78 is 10.2. The van der Waals surface area contributed by atoms with E-state index in [2.05, 4.69) is 16.8 Å². The number of halogens is 1. The molecule has 0 amide bonds. The number of hydrogen-bond donors (Lipinski definition) is 0. The number of anilines is 1. The van der Waals surface area contributed by atoms with E-state index in [0.717, 1.165) is 11.7 Å². The number of aromatic nitrogens is 1. The van der Waals surface area contributed by atoms with Crippen LogP contribution in [0.5, 0.6) is 0 Å². The highest BCUT2D eigenvalue weighted by molar-refractivity contribution is 7.14. The second-order valence-electron chi connectivity index (χ2n) is 3.44. The Morgan fingerprint density at radius 1 is 1.50 bits per heavy atom. The van der Waals surface area contributed by atoms with Crippen LogP contribution < -0.4 is 4.90 Å². The van der Waals surface area contributed by atoms with E-state index in [1.165, 1.54) is 11.3 Å². The lowest BCUT2D eigenvalue weighted by Gasteiger charge is -2.27. The lowest BCUT2D eigenvalue weighted by atomic mass is 10.3. The van der Waals surface area contributed by atoms with Crippen LogP contribution in [0, 0.1) is 0 Å². The van der Waals surface area contributed by atoms with Crippen LogP contribution in [0.2, 0.25) is 5.15 Å². The van der Waals surface area contributed by atoms with Gasteiger partial charge < -0.3 is 14.4 Å². The predicted molar refractivity (Wildman–Crippen MR) is 67.7 cm³/mol. The first-order valence-corrected chi connectivity index (χ1v) is 6.30. The minimum absolute atomic E-state index is 0.252. The van der Waals surface area contributed by atoms with Crippen molar-refractivity contribution in [1.29, 1.82) is 0 Å². The second kappa shape index (κ2) is 7.06. The molecule has 0 saturated carbocycles. The van der Waals surface area contributed by atoms with Gasteiger partial charge in [-0.3, -0.25) is 0 Å². The third kappa shape index (κ3) is 3.90. The normalized spacial score (nSPS) is 12.8. The standard InChI is InChI=1S/C10H17ClN2O2S/c1-8(6-15-3)13(4-5-14-2)10-12-9(11)7-16-10/h7-8H,4-6H2,1-3H3. The summed E-state index contributed by atoms with van der Waals surface area (Å²) in [6, 6.07) is 0.252. The Bertz CT molecular complexity index is 309. The third-order valence-corrected chi connectivity index (χ3v) is 3.39. The van der Waals surface area contributed by atoms with E-state index in [-0.39, 0.29) is 6.04 Å². The quantitative estimate of drug-likeness (QED) is 0.757. The molecule has 0 aliphatic carbocycles. The summed E-state index contributed by atoms with van der Waals surface area (Å²) in [6.07, 6.45) is 0. The molecule has 1 atom stereocenters. The molecule has 0 bridgehead atoms. The van der Waals surface area contributed by atoms with E-state index in [0.29, 0.717) is 18.4 Å². The molecule has 0 aliphatic rings. The zero-order valence-corrected chi connectivity index (χ0v) is 11.3. The van der Waals surface area contributed by atoms with Crippen molar-refractivity contribution in [2.24, 2.45) is 0 Å². The Balaban J connectivity index is 2.69. The molecule has 0 aromatic carbocycles. The Labute approximate surface area is 105 Å². The Morgan fingerprint density at radius 2 is 2.25 bits per heavy atom. The van der Waals surface area contributed by atoms with Crippen molar-refractivity contribution in [3.63, 3.8) is 0 Å². The summed E-state index contributed by atoms with van der Waals surface area (Å²) in [4.78, 5) is 6.41. The number of methoxy groups -OCH3 is 2. The van der Waals surface area contributed by atoms with Gasteiger partial charge in [0.25, 0.3) is 0 Å². The highest BCUT2D eigenvalue weighted by Crippen LogP contribution is 2.24. The van der Waals surface area contributed by atoms with E-state index >= 15 is 0 Å². The minimum Gasteiger partial charge on any atom is -0.383 e. The van der Waals surface area contributed by atoms with Crippen molar-refractivity contribution < 1.29 is 9.47 Å². The molecular formula is C10H17ClN2O2S. The number of ether oxygens (including phenoxy) is 2. The van der Waals surface area contributed by atoms with Crippen LogP contribution in [-0.2, 0) is 9.47 Å². The number of thiazole rings is 1. The van der Waals surface area contributed by atoms with Crippen molar-refractivity contribution in [2.75, 3.05) is 38.9 Å². The van der Waals surface area contributed by atoms with Crippen LogP contribution in [0.3, 0.4) is 0 Å². The molecule has 0 aliphatic heterocycles. The largest absolute Gasteiger partial charge is 0.383 e. The van der Waals surface area contributed by atoms with Gasteiger partial charge in [-0.2, -0.15) is 0 Å². The molecule has 0 N–H and O–H groups in total. The summed E-state index contributed by atoms with van der Waals surface area (Å²) in [5.74, 6) is 0. The summed E-state index contributed by atoms with van der Waals surface area (Å²) in [7, 11) is 3.38. The molecule has 4 nitrogen and oxygen atoms in total. The molecule has 92 valence electrons. The lowest BCUT2D eigenvalue weighted by molar-refractivity contribution is 0.171. The molecule has 6 heteroatoms. The zero-order chi connectivity index (χ0) is 12.0. The van der Waals surface area contributed by atoms with E-state index in [9.17, 15) is 0 Å². The molecule has 1 aromatic heterocycles. The highest BCUT2D eigenvalue weighted by atomic mass is 35.5. The molecule has 0 fully saturated rings. The molecule has 1 heterocycles. The Kier molecular flexibility index (Phi) is 6.05. The molecule has 16 heavy (non-hydrogen) atoms. The molecule has 1 rings (SSSR count). The summed E-state index contributed by atoms with van der Waals surface area (Å²) in [5, 5.41) is 3.27. The third-order valence-electron chi connectivity index (χ3n) is 2.19. The molecule has 0 spiro atoms. The lowest BCUT2D eigenvalue weighted by Crippen LogP contribution is -2.38. The summed E-state index contributed by atoms with van der Waals surface area (Å²) >= 11 is 7.36. The summed E-state index contributed by atoms with van der Waals surface area (Å²) in [5.41, 5.74) is 0. The van der Waals surface area contributed by atoms with Crippen molar-refractivity contribution >= 4 is 28.1 Å². The van der Waals surface area contributed by atoms with Gasteiger partial charge in [0.1, 0.15) is 5.15 Å². The van der Waals surface area contributed by atoms with Crippen LogP contribution >= 0.6 is 22.9 Å². The Hall–Kier alpha value is -0.360. The maximum Gasteiger partial charge on any atom is 0.187 e. The highest BCUT2D eigenvalue weighted by Gasteiger charge is 2.17. The van der Waals surface area contributed by atoms with Crippen molar-refractivity contribution in [2.45, 2.75) is 13.0 Å². The van der Waals surface area contributed by atoms with Crippen LogP contribution in [0.15, 0.2) is 5.38 Å². The fraction of sp³-hybridized carbons (Fsp3) is 0.700. The van der Waals surface area contributed by atoms with Gasteiger partial charge in [-0.05, 0) is 6.92 Å². The first kappa shape index (κ1) is 13.7. The van der Waals surface area contributed by atoms with Gasteiger partial charge in [0.05, 0.1) is 19.3 Å². The fourth-order valence-corrected chi connectivity index (χ4v) is 2.48. The van der Waals surface area contributed by atoms with Gasteiger partial charge in [0.15, 0.2) is 5.13 Å². The van der Waals surface area contributed by atoms with E-state index in [1.54, 1.807) is 14.2 Å². The van der Waals surface area contributed by atoms with E-state index in [1.807, 2.05) is 5.38 Å². The van der Waals surface area contributed by atoms with Gasteiger partial charge in [-0.1, -0.05) is 11.6 Å². The maximum absolute atomic E-state index is 5.83. The van der Waals surface area contributed by atoms with Crippen LogP contribution in [0.1, 0.15) is 6.92 Å². The first-order valence-electron chi connectivity index (χ1n) is 5.04. The first-order chi connectivity index (χ1) is 7.69.